The Bertz CT molecular complexity index is 839. The third-order valence-electron chi connectivity index (χ3n) is 8.46. The summed E-state index contributed by atoms with van der Waals surface area (Å²) < 4.78 is 65.7. The van der Waals surface area contributed by atoms with Gasteiger partial charge in [0.2, 0.25) is 0 Å². The largest absolute Gasteiger partial charge is 0.396 e. The second kappa shape index (κ2) is 47.1. The molecule has 0 spiro atoms. The summed E-state index contributed by atoms with van der Waals surface area (Å²) in [5, 5.41) is 82.0. The Hall–Kier alpha value is -0.880. The van der Waals surface area contributed by atoms with Gasteiger partial charge in [0.1, 0.15) is 12.2 Å². The van der Waals surface area contributed by atoms with Crippen molar-refractivity contribution in [2.75, 3.05) is 205 Å². The van der Waals surface area contributed by atoms with Gasteiger partial charge in [-0.3, -0.25) is 4.90 Å². The highest BCUT2D eigenvalue weighted by Gasteiger charge is 2.30. The van der Waals surface area contributed by atoms with Crippen molar-refractivity contribution in [3.63, 3.8) is 0 Å². The van der Waals surface area contributed by atoms with Gasteiger partial charge in [0.25, 0.3) is 0 Å². The molecule has 9 N–H and O–H groups in total. The predicted octanol–water partition coefficient (Wildman–Crippen LogP) is -4.36. The number of hydrogen-bond acceptors (Lipinski definition) is 22. The van der Waals surface area contributed by atoms with E-state index >= 15 is 0 Å². The van der Waals surface area contributed by atoms with Gasteiger partial charge in [-0.05, 0) is 19.9 Å². The Balaban J connectivity index is 3.59. The summed E-state index contributed by atoms with van der Waals surface area (Å²) >= 11 is 0. The first kappa shape index (κ1) is 60.1. The minimum atomic E-state index is -1.56. The molecular formula is C39H82N2O20. The van der Waals surface area contributed by atoms with Crippen LogP contribution in [0.3, 0.4) is 0 Å². The van der Waals surface area contributed by atoms with E-state index in [0.717, 1.165) is 6.54 Å². The first-order valence-corrected chi connectivity index (χ1v) is 21.4. The number of aliphatic hydroxyl groups excluding tert-OH is 8. The molecule has 0 aliphatic rings. The fraction of sp³-hybridized carbons (Fsp3) is 1.00. The molecule has 0 saturated heterocycles. The van der Waals surface area contributed by atoms with E-state index in [0.29, 0.717) is 139 Å². The zero-order valence-corrected chi connectivity index (χ0v) is 36.5. The maximum atomic E-state index is 10.4. The van der Waals surface area contributed by atoms with Crippen molar-refractivity contribution in [1.29, 1.82) is 0 Å². The fourth-order valence-electron chi connectivity index (χ4n) is 5.01. The predicted molar refractivity (Wildman–Crippen MR) is 220 cm³/mol. The summed E-state index contributed by atoms with van der Waals surface area (Å²) in [5.74, 6) is 0. The first-order valence-electron chi connectivity index (χ1n) is 21.4. The average Bonchev–Trinajstić information content (AvgIpc) is 3.25. The van der Waals surface area contributed by atoms with Crippen LogP contribution >= 0.6 is 0 Å². The van der Waals surface area contributed by atoms with Crippen molar-refractivity contribution < 1.29 is 97.7 Å². The van der Waals surface area contributed by atoms with Crippen molar-refractivity contribution in [2.45, 2.75) is 49.5 Å². The van der Waals surface area contributed by atoms with Gasteiger partial charge in [0.05, 0.1) is 183 Å². The van der Waals surface area contributed by atoms with Crippen molar-refractivity contribution in [3.05, 3.63) is 0 Å². The standard InChI is InChI=1S/C39H82N2O20/c1-40-4-8-50-10-12-52-14-16-54-18-20-56-22-24-58-26-28-60-30-31-61-29-27-59-25-23-57-21-19-55-17-15-53-13-11-51-9-5-41(32-36(46)38(48)34(44)2-6-42)33-37(47)39(49)35(45)3-7-43/h34-40,42-49H,2-33H2,1H3. The molecule has 0 aromatic rings. The van der Waals surface area contributed by atoms with E-state index in [2.05, 4.69) is 5.32 Å². The Morgan fingerprint density at radius 1 is 0.344 bits per heavy atom. The molecule has 0 rings (SSSR count). The second-order valence-electron chi connectivity index (χ2n) is 13.5. The van der Waals surface area contributed by atoms with Crippen LogP contribution < -0.4 is 5.32 Å². The van der Waals surface area contributed by atoms with E-state index < -0.39 is 36.6 Å². The van der Waals surface area contributed by atoms with Crippen LogP contribution in [-0.2, 0) is 56.8 Å². The van der Waals surface area contributed by atoms with E-state index in [1.807, 2.05) is 7.05 Å². The highest BCUT2D eigenvalue weighted by atomic mass is 16.6. The van der Waals surface area contributed by atoms with Crippen molar-refractivity contribution in [2.24, 2.45) is 0 Å². The number of rotatable bonds is 51. The van der Waals surface area contributed by atoms with Crippen LogP contribution in [0.5, 0.6) is 0 Å². The zero-order valence-electron chi connectivity index (χ0n) is 36.5. The molecule has 0 saturated carbocycles. The molecule has 0 bridgehead atoms. The van der Waals surface area contributed by atoms with Gasteiger partial charge < -0.3 is 103 Å². The number of nitrogens with one attached hydrogen (secondary N) is 1. The molecule has 22 nitrogen and oxygen atoms in total. The number of ether oxygens (including phenoxy) is 12. The molecule has 61 heavy (non-hydrogen) atoms. The minimum absolute atomic E-state index is 0.136. The lowest BCUT2D eigenvalue weighted by molar-refractivity contribution is -0.0945. The lowest BCUT2D eigenvalue weighted by Gasteiger charge is -2.32. The molecule has 0 fully saturated rings. The molecule has 0 aliphatic carbocycles. The van der Waals surface area contributed by atoms with E-state index in [1.165, 1.54) is 4.90 Å². The van der Waals surface area contributed by atoms with Gasteiger partial charge in [-0.1, -0.05) is 0 Å². The first-order chi connectivity index (χ1) is 29.8. The molecule has 6 unspecified atom stereocenters. The third kappa shape index (κ3) is 40.4. The van der Waals surface area contributed by atoms with Crippen molar-refractivity contribution >= 4 is 0 Å². The van der Waals surface area contributed by atoms with Gasteiger partial charge in [0.15, 0.2) is 0 Å². The summed E-state index contributed by atoms with van der Waals surface area (Å²) in [6.45, 7) is 10.5. The Morgan fingerprint density at radius 3 is 0.803 bits per heavy atom. The highest BCUT2D eigenvalue weighted by molar-refractivity contribution is 4.82. The summed E-state index contributed by atoms with van der Waals surface area (Å²) in [4.78, 5) is 1.50. The van der Waals surface area contributed by atoms with E-state index in [4.69, 9.17) is 67.1 Å². The van der Waals surface area contributed by atoms with Gasteiger partial charge in [-0.25, -0.2) is 0 Å². The molecule has 368 valence electrons. The van der Waals surface area contributed by atoms with Crippen LogP contribution in [0.15, 0.2) is 0 Å². The number of aliphatic hydroxyl groups is 8. The summed E-state index contributed by atoms with van der Waals surface area (Å²) in [6, 6.07) is 0. The summed E-state index contributed by atoms with van der Waals surface area (Å²) in [5.41, 5.74) is 0. The fourth-order valence-corrected chi connectivity index (χ4v) is 5.01. The smallest absolute Gasteiger partial charge is 0.107 e. The normalized spacial score (nSPS) is 15.0. The van der Waals surface area contributed by atoms with Crippen LogP contribution in [0.1, 0.15) is 12.8 Å². The van der Waals surface area contributed by atoms with Crippen LogP contribution in [0.2, 0.25) is 0 Å². The maximum absolute atomic E-state index is 10.4. The quantitative estimate of drug-likeness (QED) is 0.0261. The minimum Gasteiger partial charge on any atom is -0.396 e. The molecule has 0 aromatic carbocycles. The average molecular weight is 899 g/mol. The highest BCUT2D eigenvalue weighted by Crippen LogP contribution is 2.10. The molecule has 0 radical (unpaired) electrons. The maximum Gasteiger partial charge on any atom is 0.107 e. The van der Waals surface area contributed by atoms with Crippen molar-refractivity contribution in [1.82, 2.24) is 10.2 Å². The Labute approximate surface area is 362 Å². The number of hydrogen-bond donors (Lipinski definition) is 9. The topological polar surface area (TPSA) is 288 Å². The number of nitrogens with zero attached hydrogens (tertiary/aromatic N) is 1. The third-order valence-corrected chi connectivity index (χ3v) is 8.46. The lowest BCUT2D eigenvalue weighted by Crippen LogP contribution is -2.50. The molecular weight excluding hydrogens is 816 g/mol. The van der Waals surface area contributed by atoms with E-state index in [1.54, 1.807) is 0 Å². The summed E-state index contributed by atoms with van der Waals surface area (Å²) in [6.07, 6.45) is -8.98. The van der Waals surface area contributed by atoms with E-state index in [-0.39, 0.29) is 65.5 Å². The van der Waals surface area contributed by atoms with Gasteiger partial charge in [0, 0.05) is 39.4 Å². The molecule has 6 atom stereocenters. The molecule has 0 amide bonds. The summed E-state index contributed by atoms with van der Waals surface area (Å²) in [7, 11) is 1.88. The van der Waals surface area contributed by atoms with Gasteiger partial charge in [-0.2, -0.15) is 0 Å². The second-order valence-corrected chi connectivity index (χ2v) is 13.5. The van der Waals surface area contributed by atoms with Gasteiger partial charge >= 0.3 is 0 Å². The van der Waals surface area contributed by atoms with E-state index in [9.17, 15) is 30.6 Å². The zero-order chi connectivity index (χ0) is 44.9. The van der Waals surface area contributed by atoms with Crippen LogP contribution in [0, 0.1) is 0 Å². The van der Waals surface area contributed by atoms with Gasteiger partial charge in [-0.15, -0.1) is 0 Å². The molecule has 22 heteroatoms. The molecule has 0 heterocycles. The SMILES string of the molecule is CNCCOCCOCCOCCOCCOCCOCCOCCOCCOCCOCCOCCOCCN(CC(O)C(O)C(O)CCO)CC(O)C(O)C(O)CCO. The van der Waals surface area contributed by atoms with Crippen LogP contribution in [0.25, 0.3) is 0 Å². The lowest BCUT2D eigenvalue weighted by atomic mass is 10.0. The van der Waals surface area contributed by atoms with Crippen LogP contribution in [0.4, 0.5) is 0 Å². The monoisotopic (exact) mass is 899 g/mol. The molecule has 0 aromatic heterocycles. The van der Waals surface area contributed by atoms with Crippen molar-refractivity contribution in [3.8, 4) is 0 Å². The Morgan fingerprint density at radius 2 is 0.574 bits per heavy atom. The molecule has 0 aliphatic heterocycles. The van der Waals surface area contributed by atoms with Crippen LogP contribution in [-0.4, -0.2) is 287 Å². The number of likely N-dealkylation sites (N-methyl/N-ethyl adjacent to an activating group) is 1. The Kier molecular flexibility index (Phi) is 46.4.